The van der Waals surface area contributed by atoms with Crippen molar-refractivity contribution in [3.63, 3.8) is 0 Å². The molecule has 0 bridgehead atoms. The van der Waals surface area contributed by atoms with Crippen LogP contribution in [0.2, 0.25) is 0 Å². The third kappa shape index (κ3) is 66.4. The summed E-state index contributed by atoms with van der Waals surface area (Å²) in [6.45, 7) is 0.927. The highest BCUT2D eigenvalue weighted by Crippen LogP contribution is 1.63. The molecule has 0 aliphatic rings. The van der Waals surface area contributed by atoms with E-state index in [1.54, 1.807) is 7.05 Å². The zero-order valence-electron chi connectivity index (χ0n) is 5.29. The molecule has 0 aliphatic heterocycles. The fourth-order valence-electron chi connectivity index (χ4n) is 0.112. The van der Waals surface area contributed by atoms with Crippen molar-refractivity contribution in [1.82, 2.24) is 5.32 Å². The normalized spacial score (nSPS) is 7.44. The molecule has 9 heavy (non-hydrogen) atoms. The standard InChI is InChI=1S/C3H9NO.CH3NS2/c1-4-2-3-5;2-1(3)4/h4-5H,2-3H2,1H3;(H3,2,3,4). The van der Waals surface area contributed by atoms with Crippen LogP contribution in [0.5, 0.6) is 0 Å². The van der Waals surface area contributed by atoms with Gasteiger partial charge in [-0.05, 0) is 7.05 Å². The molecule has 0 spiro atoms. The number of aliphatic hydroxyl groups excluding tert-OH is 1. The van der Waals surface area contributed by atoms with E-state index in [0.717, 1.165) is 0 Å². The second-order valence-electron chi connectivity index (χ2n) is 1.17. The maximum Gasteiger partial charge on any atom is 0.128 e. The number of hydrogen-bond donors (Lipinski definition) is 4. The van der Waals surface area contributed by atoms with Gasteiger partial charge in [0, 0.05) is 6.54 Å². The fourth-order valence-corrected chi connectivity index (χ4v) is 0.112. The summed E-state index contributed by atoms with van der Waals surface area (Å²) in [5.41, 5.74) is 4.71. The van der Waals surface area contributed by atoms with Crippen LogP contribution in [0.15, 0.2) is 0 Å². The first-order valence-electron chi connectivity index (χ1n) is 2.39. The lowest BCUT2D eigenvalue weighted by Gasteiger charge is -1.84. The molecule has 0 saturated heterocycles. The molecule has 0 fully saturated rings. The number of rotatable bonds is 2. The van der Waals surface area contributed by atoms with Gasteiger partial charge in [-0.1, -0.05) is 12.2 Å². The van der Waals surface area contributed by atoms with Gasteiger partial charge < -0.3 is 16.2 Å². The van der Waals surface area contributed by atoms with Gasteiger partial charge in [-0.15, -0.1) is 12.6 Å². The smallest absolute Gasteiger partial charge is 0.128 e. The van der Waals surface area contributed by atoms with E-state index in [4.69, 9.17) is 10.8 Å². The Morgan fingerprint density at radius 1 is 1.89 bits per heavy atom. The van der Waals surface area contributed by atoms with Crippen LogP contribution in [-0.2, 0) is 0 Å². The maximum atomic E-state index is 8.00. The quantitative estimate of drug-likeness (QED) is 0.327. The lowest BCUT2D eigenvalue weighted by atomic mass is 10.7. The topological polar surface area (TPSA) is 58.3 Å². The number of thiocarbonyl (C=S) groups is 1. The average Bonchev–Trinajstić information content (AvgIpc) is 1.66. The molecule has 0 atom stereocenters. The monoisotopic (exact) mass is 168 g/mol. The first kappa shape index (κ1) is 11.9. The third-order valence-electron chi connectivity index (χ3n) is 0.362. The minimum absolute atomic E-state index is 0.194. The maximum absolute atomic E-state index is 8.00. The Balaban J connectivity index is 0. The van der Waals surface area contributed by atoms with Crippen LogP contribution in [0.3, 0.4) is 0 Å². The van der Waals surface area contributed by atoms with Gasteiger partial charge in [-0.2, -0.15) is 0 Å². The molecule has 0 radical (unpaired) electrons. The van der Waals surface area contributed by atoms with Crippen LogP contribution in [-0.4, -0.2) is 29.6 Å². The van der Waals surface area contributed by atoms with Gasteiger partial charge in [-0.3, -0.25) is 0 Å². The first-order chi connectivity index (χ1) is 4.15. The summed E-state index contributed by atoms with van der Waals surface area (Å²) in [5, 5.41) is 10.8. The van der Waals surface area contributed by atoms with E-state index in [9.17, 15) is 0 Å². The molecule has 0 rings (SSSR count). The molecule has 0 amide bonds. The molecule has 0 saturated carbocycles. The predicted molar refractivity (Wildman–Crippen MR) is 46.8 cm³/mol. The number of thiol groups is 1. The lowest BCUT2D eigenvalue weighted by Crippen LogP contribution is -2.10. The van der Waals surface area contributed by atoms with Gasteiger partial charge in [0.1, 0.15) is 4.32 Å². The summed E-state index contributed by atoms with van der Waals surface area (Å²) in [4.78, 5) is 0. The number of hydrogen-bond acceptors (Lipinski definition) is 3. The van der Waals surface area contributed by atoms with Crippen LogP contribution in [0.25, 0.3) is 0 Å². The Hall–Kier alpha value is 0.160. The average molecular weight is 168 g/mol. The van der Waals surface area contributed by atoms with Crippen LogP contribution in [0.4, 0.5) is 0 Å². The van der Waals surface area contributed by atoms with E-state index in [1.165, 1.54) is 0 Å². The van der Waals surface area contributed by atoms with Gasteiger partial charge in [0.2, 0.25) is 0 Å². The van der Waals surface area contributed by atoms with E-state index < -0.39 is 0 Å². The summed E-state index contributed by atoms with van der Waals surface area (Å²) < 4.78 is 0.194. The Labute approximate surface area is 66.0 Å². The lowest BCUT2D eigenvalue weighted by molar-refractivity contribution is 0.296. The largest absolute Gasteiger partial charge is 0.395 e. The van der Waals surface area contributed by atoms with Crippen molar-refractivity contribution in [3.05, 3.63) is 0 Å². The summed E-state index contributed by atoms with van der Waals surface area (Å²) >= 11 is 7.65. The van der Waals surface area contributed by atoms with Gasteiger partial charge >= 0.3 is 0 Å². The second kappa shape index (κ2) is 11.0. The van der Waals surface area contributed by atoms with Crippen LogP contribution >= 0.6 is 24.8 Å². The Bertz CT molecular complexity index is 63.6. The molecule has 0 unspecified atom stereocenters. The highest BCUT2D eigenvalue weighted by Gasteiger charge is 1.65. The van der Waals surface area contributed by atoms with E-state index in [1.807, 2.05) is 0 Å². The van der Waals surface area contributed by atoms with E-state index >= 15 is 0 Å². The minimum Gasteiger partial charge on any atom is -0.395 e. The van der Waals surface area contributed by atoms with Gasteiger partial charge in [0.15, 0.2) is 0 Å². The Morgan fingerprint density at radius 3 is 2.22 bits per heavy atom. The molecule has 0 aromatic rings. The zero-order chi connectivity index (χ0) is 7.70. The molecule has 0 aromatic carbocycles. The third-order valence-corrected chi connectivity index (χ3v) is 0.362. The summed E-state index contributed by atoms with van der Waals surface area (Å²) in [7, 11) is 1.80. The second-order valence-corrected chi connectivity index (χ2v) is 2.39. The SMILES string of the molecule is CNCCO.NC(=S)S. The Kier molecular flexibility index (Phi) is 14.6. The Morgan fingerprint density at radius 2 is 2.22 bits per heavy atom. The van der Waals surface area contributed by atoms with Crippen molar-refractivity contribution in [2.24, 2.45) is 5.73 Å². The van der Waals surface area contributed by atoms with Crippen molar-refractivity contribution >= 4 is 29.2 Å². The molecule has 0 aliphatic carbocycles. The summed E-state index contributed by atoms with van der Waals surface area (Å²) in [6, 6.07) is 0. The molecule has 56 valence electrons. The summed E-state index contributed by atoms with van der Waals surface area (Å²) in [6.07, 6.45) is 0. The molecule has 4 N–H and O–H groups in total. The first-order valence-corrected chi connectivity index (χ1v) is 3.24. The van der Waals surface area contributed by atoms with Crippen LogP contribution in [0.1, 0.15) is 0 Å². The van der Waals surface area contributed by atoms with Gasteiger partial charge in [0.25, 0.3) is 0 Å². The van der Waals surface area contributed by atoms with Crippen molar-refractivity contribution < 1.29 is 5.11 Å². The predicted octanol–water partition coefficient (Wildman–Crippen LogP) is -0.642. The highest BCUT2D eigenvalue weighted by atomic mass is 32.1. The minimum atomic E-state index is 0.194. The number of likely N-dealkylation sites (N-methyl/N-ethyl adjacent to an activating group) is 1. The molecular formula is C4H12N2OS2. The van der Waals surface area contributed by atoms with Crippen molar-refractivity contribution in [2.75, 3.05) is 20.2 Å². The number of aliphatic hydroxyl groups is 1. The fraction of sp³-hybridized carbons (Fsp3) is 0.750. The molecule has 0 aromatic heterocycles. The van der Waals surface area contributed by atoms with Crippen molar-refractivity contribution in [2.45, 2.75) is 0 Å². The molecule has 0 heterocycles. The summed E-state index contributed by atoms with van der Waals surface area (Å²) in [5.74, 6) is 0. The number of nitrogens with two attached hydrogens (primary N) is 1. The van der Waals surface area contributed by atoms with E-state index in [0.29, 0.717) is 6.54 Å². The van der Waals surface area contributed by atoms with E-state index in [-0.39, 0.29) is 10.9 Å². The van der Waals surface area contributed by atoms with E-state index in [2.05, 4.69) is 30.2 Å². The number of nitrogens with one attached hydrogen (secondary N) is 1. The van der Waals surface area contributed by atoms with Gasteiger partial charge in [0.05, 0.1) is 6.61 Å². The molecule has 3 nitrogen and oxygen atoms in total. The van der Waals surface area contributed by atoms with Gasteiger partial charge in [-0.25, -0.2) is 0 Å². The van der Waals surface area contributed by atoms with Crippen LogP contribution < -0.4 is 11.1 Å². The van der Waals surface area contributed by atoms with Crippen LogP contribution in [0, 0.1) is 0 Å². The molecular weight excluding hydrogens is 156 g/mol. The highest BCUT2D eigenvalue weighted by molar-refractivity contribution is 8.10. The zero-order valence-corrected chi connectivity index (χ0v) is 7.01. The molecule has 5 heteroatoms. The van der Waals surface area contributed by atoms with Crippen molar-refractivity contribution in [1.29, 1.82) is 0 Å². The van der Waals surface area contributed by atoms with Crippen molar-refractivity contribution in [3.8, 4) is 0 Å².